The largest absolute Gasteiger partial charge is 0.462 e. The lowest BCUT2D eigenvalue weighted by Gasteiger charge is -2.14. The second-order valence-corrected chi connectivity index (χ2v) is 8.34. The lowest BCUT2D eigenvalue weighted by Crippen LogP contribution is -2.19. The highest BCUT2D eigenvalue weighted by Gasteiger charge is 2.21. The average molecular weight is 426 g/mol. The highest BCUT2D eigenvalue weighted by atomic mass is 32.2. The predicted octanol–water partition coefficient (Wildman–Crippen LogP) is 4.32. The molecule has 8 heteroatoms. The van der Waals surface area contributed by atoms with Gasteiger partial charge in [0.25, 0.3) is 5.56 Å². The van der Waals surface area contributed by atoms with E-state index in [1.165, 1.54) is 23.1 Å². The van der Waals surface area contributed by atoms with Crippen LogP contribution < -0.4 is 5.56 Å². The number of nitrogens with zero attached hydrogens (tertiary/aromatic N) is 3. The van der Waals surface area contributed by atoms with Crippen LogP contribution >= 0.6 is 23.1 Å². The van der Waals surface area contributed by atoms with Crippen molar-refractivity contribution in [3.63, 3.8) is 0 Å². The number of thioether (sulfide) groups is 1. The summed E-state index contributed by atoms with van der Waals surface area (Å²) >= 11 is 2.77. The number of esters is 1. The molecule has 0 aliphatic carbocycles. The molecule has 29 heavy (non-hydrogen) atoms. The van der Waals surface area contributed by atoms with Crippen molar-refractivity contribution in [3.05, 3.63) is 62.9 Å². The summed E-state index contributed by atoms with van der Waals surface area (Å²) in [5, 5.41) is 3.37. The van der Waals surface area contributed by atoms with Gasteiger partial charge in [0.15, 0.2) is 5.16 Å². The zero-order chi connectivity index (χ0) is 20.5. The molecule has 0 saturated heterocycles. The van der Waals surface area contributed by atoms with Crippen molar-refractivity contribution in [1.29, 1.82) is 0 Å². The second-order valence-electron chi connectivity index (χ2n) is 6.48. The van der Waals surface area contributed by atoms with E-state index in [-0.39, 0.29) is 11.5 Å². The first-order valence-electron chi connectivity index (χ1n) is 9.13. The van der Waals surface area contributed by atoms with E-state index in [0.717, 1.165) is 16.5 Å². The van der Waals surface area contributed by atoms with Crippen LogP contribution in [0.15, 0.2) is 45.7 Å². The molecule has 0 amide bonds. The van der Waals surface area contributed by atoms with Gasteiger partial charge < -0.3 is 4.74 Å². The molecule has 3 aromatic heterocycles. The normalized spacial score (nSPS) is 11.3. The number of hydrogen-bond donors (Lipinski definition) is 0. The van der Waals surface area contributed by atoms with Gasteiger partial charge in [0, 0.05) is 18.2 Å². The molecule has 3 heterocycles. The zero-order valence-electron chi connectivity index (χ0n) is 16.3. The van der Waals surface area contributed by atoms with Gasteiger partial charge in [-0.15, -0.1) is 11.3 Å². The minimum Gasteiger partial charge on any atom is -0.462 e. The molecule has 0 aliphatic rings. The molecule has 0 spiro atoms. The van der Waals surface area contributed by atoms with Crippen molar-refractivity contribution in [2.45, 2.75) is 24.8 Å². The highest BCUT2D eigenvalue weighted by molar-refractivity contribution is 7.98. The van der Waals surface area contributed by atoms with Crippen LogP contribution in [0, 0.1) is 6.92 Å². The van der Waals surface area contributed by atoms with Crippen LogP contribution in [0.4, 0.5) is 0 Å². The Hall–Kier alpha value is -2.71. The fourth-order valence-corrected chi connectivity index (χ4v) is 4.97. The highest BCUT2D eigenvalue weighted by Crippen LogP contribution is 2.29. The fourth-order valence-electron chi connectivity index (χ4n) is 3.25. The number of pyridine rings is 1. The molecule has 1 aromatic carbocycles. The number of rotatable bonds is 5. The van der Waals surface area contributed by atoms with Crippen LogP contribution in [0.2, 0.25) is 0 Å². The summed E-state index contributed by atoms with van der Waals surface area (Å²) in [6, 6.07) is 9.57. The standard InChI is InChI=1S/C21H19N3O3S2/c1-4-27-20(26)17-12(2)13-7-5-6-8-14(13)22-16(17)11-29-21-23-15-9-10-28-18(15)19(25)24(21)3/h5-10H,4,11H2,1-3H3. The lowest BCUT2D eigenvalue weighted by molar-refractivity contribution is 0.0524. The van der Waals surface area contributed by atoms with Gasteiger partial charge in [-0.2, -0.15) is 0 Å². The molecule has 0 saturated carbocycles. The number of fused-ring (bicyclic) bond motifs is 2. The summed E-state index contributed by atoms with van der Waals surface area (Å²) in [6.07, 6.45) is 0. The van der Waals surface area contributed by atoms with Crippen molar-refractivity contribution in [2.24, 2.45) is 7.05 Å². The second kappa shape index (κ2) is 7.96. The number of para-hydroxylation sites is 1. The van der Waals surface area contributed by atoms with E-state index in [9.17, 15) is 9.59 Å². The summed E-state index contributed by atoms with van der Waals surface area (Å²) in [7, 11) is 1.71. The smallest absolute Gasteiger partial charge is 0.340 e. The number of carbonyl (C=O) groups is 1. The number of ether oxygens (including phenoxy) is 1. The monoisotopic (exact) mass is 425 g/mol. The Morgan fingerprint density at radius 1 is 1.21 bits per heavy atom. The molecule has 0 fully saturated rings. The van der Waals surface area contributed by atoms with Crippen LogP contribution in [-0.2, 0) is 17.5 Å². The van der Waals surface area contributed by atoms with E-state index in [1.54, 1.807) is 18.5 Å². The quantitative estimate of drug-likeness (QED) is 0.269. The first-order chi connectivity index (χ1) is 14.0. The van der Waals surface area contributed by atoms with Gasteiger partial charge in [0.05, 0.1) is 28.9 Å². The first kappa shape index (κ1) is 19.6. The molecule has 4 aromatic rings. The summed E-state index contributed by atoms with van der Waals surface area (Å²) in [5.74, 6) is 0.0180. The molecule has 0 radical (unpaired) electrons. The predicted molar refractivity (Wildman–Crippen MR) is 117 cm³/mol. The van der Waals surface area contributed by atoms with Gasteiger partial charge in [0.2, 0.25) is 0 Å². The van der Waals surface area contributed by atoms with Crippen molar-refractivity contribution in [3.8, 4) is 0 Å². The molecule has 4 rings (SSSR count). The topological polar surface area (TPSA) is 74.1 Å². The Kier molecular flexibility index (Phi) is 5.38. The number of benzene rings is 1. The van der Waals surface area contributed by atoms with Crippen molar-refractivity contribution >= 4 is 50.2 Å². The molecule has 0 N–H and O–H groups in total. The molecular weight excluding hydrogens is 406 g/mol. The minimum absolute atomic E-state index is 0.0687. The van der Waals surface area contributed by atoms with E-state index >= 15 is 0 Å². The molecule has 148 valence electrons. The maximum Gasteiger partial charge on any atom is 0.340 e. The van der Waals surface area contributed by atoms with Crippen LogP contribution in [-0.4, -0.2) is 27.1 Å². The van der Waals surface area contributed by atoms with E-state index in [1.807, 2.05) is 42.6 Å². The number of carbonyl (C=O) groups excluding carboxylic acids is 1. The van der Waals surface area contributed by atoms with E-state index in [4.69, 9.17) is 9.72 Å². The van der Waals surface area contributed by atoms with E-state index in [2.05, 4.69) is 4.98 Å². The summed E-state index contributed by atoms with van der Waals surface area (Å²) < 4.78 is 7.47. The number of aryl methyl sites for hydroxylation is 1. The number of hydrogen-bond acceptors (Lipinski definition) is 7. The van der Waals surface area contributed by atoms with Gasteiger partial charge in [-0.3, -0.25) is 14.3 Å². The third-order valence-electron chi connectivity index (χ3n) is 4.69. The Labute approximate surface area is 175 Å². The number of thiophene rings is 1. The Balaban J connectivity index is 1.78. The summed E-state index contributed by atoms with van der Waals surface area (Å²) in [4.78, 5) is 34.5. The SMILES string of the molecule is CCOC(=O)c1c(CSc2nc3ccsc3c(=O)n2C)nc2ccccc2c1C. The molecule has 0 aliphatic heterocycles. The Bertz CT molecular complexity index is 1290. The average Bonchev–Trinajstić information content (AvgIpc) is 3.18. The molecular formula is C21H19N3O3S2. The zero-order valence-corrected chi connectivity index (χ0v) is 17.9. The summed E-state index contributed by atoms with van der Waals surface area (Å²) in [6.45, 7) is 3.99. The van der Waals surface area contributed by atoms with Crippen LogP contribution in [0.5, 0.6) is 0 Å². The van der Waals surface area contributed by atoms with Crippen LogP contribution in [0.1, 0.15) is 28.5 Å². The lowest BCUT2D eigenvalue weighted by atomic mass is 10.0. The maximum atomic E-state index is 12.7. The van der Waals surface area contributed by atoms with Gasteiger partial charge >= 0.3 is 5.97 Å². The van der Waals surface area contributed by atoms with Gasteiger partial charge in [-0.25, -0.2) is 9.78 Å². The van der Waals surface area contributed by atoms with E-state index in [0.29, 0.717) is 39.0 Å². The van der Waals surface area contributed by atoms with Crippen LogP contribution in [0.25, 0.3) is 21.1 Å². The maximum absolute atomic E-state index is 12.7. The fraction of sp³-hybridized carbons (Fsp3) is 0.238. The minimum atomic E-state index is -0.381. The van der Waals surface area contributed by atoms with Crippen molar-refractivity contribution < 1.29 is 9.53 Å². The van der Waals surface area contributed by atoms with Crippen molar-refractivity contribution in [1.82, 2.24) is 14.5 Å². The summed E-state index contributed by atoms with van der Waals surface area (Å²) in [5.41, 5.74) is 3.40. The third-order valence-corrected chi connectivity index (χ3v) is 6.62. The van der Waals surface area contributed by atoms with Gasteiger partial charge in [-0.1, -0.05) is 30.0 Å². The van der Waals surface area contributed by atoms with Crippen molar-refractivity contribution in [2.75, 3.05) is 6.61 Å². The third kappa shape index (κ3) is 3.54. The molecule has 6 nitrogen and oxygen atoms in total. The molecule has 0 unspecified atom stereocenters. The van der Waals surface area contributed by atoms with Gasteiger partial charge in [0.1, 0.15) is 4.70 Å². The number of aromatic nitrogens is 3. The van der Waals surface area contributed by atoms with Crippen LogP contribution in [0.3, 0.4) is 0 Å². The molecule has 0 bridgehead atoms. The first-order valence-corrected chi connectivity index (χ1v) is 11.0. The van der Waals surface area contributed by atoms with E-state index < -0.39 is 0 Å². The Morgan fingerprint density at radius 3 is 2.79 bits per heavy atom. The Morgan fingerprint density at radius 2 is 2.00 bits per heavy atom. The molecule has 0 atom stereocenters. The van der Waals surface area contributed by atoms with Gasteiger partial charge in [-0.05, 0) is 36.9 Å².